The second kappa shape index (κ2) is 9.17. The van der Waals surface area contributed by atoms with Crippen molar-refractivity contribution in [1.82, 2.24) is 28.3 Å². The molecule has 0 unspecified atom stereocenters. The van der Waals surface area contributed by atoms with Gasteiger partial charge in [-0.1, -0.05) is 17.7 Å². The van der Waals surface area contributed by atoms with Gasteiger partial charge in [0.15, 0.2) is 11.3 Å². The minimum Gasteiger partial charge on any atom is -0.274 e. The van der Waals surface area contributed by atoms with Crippen molar-refractivity contribution in [1.29, 1.82) is 0 Å². The van der Waals surface area contributed by atoms with Crippen LogP contribution in [0.25, 0.3) is 16.8 Å². The molecule has 1 fully saturated rings. The smallest absolute Gasteiger partial charge is 0.269 e. The van der Waals surface area contributed by atoms with Gasteiger partial charge in [-0.15, -0.1) is 10.2 Å². The second-order valence-corrected chi connectivity index (χ2v) is 13.0. The number of nitrogens with zero attached hydrogens (tertiary/aromatic N) is 5. The highest BCUT2D eigenvalue weighted by atomic mass is 32.2. The lowest BCUT2D eigenvalue weighted by Crippen LogP contribution is -2.33. The van der Waals surface area contributed by atoms with Crippen molar-refractivity contribution in [2.75, 3.05) is 0 Å². The Morgan fingerprint density at radius 1 is 0.974 bits per heavy atom. The monoisotopic (exact) mass is 572 g/mol. The van der Waals surface area contributed by atoms with Crippen LogP contribution < -0.4 is 4.72 Å². The number of halogens is 2. The maximum Gasteiger partial charge on any atom is 0.269 e. The summed E-state index contributed by atoms with van der Waals surface area (Å²) in [6.07, 6.45) is 4.18. The first-order valence-corrected chi connectivity index (χ1v) is 15.0. The average Bonchev–Trinajstić information content (AvgIpc) is 3.63. The quantitative estimate of drug-likeness (QED) is 0.330. The van der Waals surface area contributed by atoms with Gasteiger partial charge in [-0.05, 0) is 62.6 Å². The largest absolute Gasteiger partial charge is 0.274 e. The summed E-state index contributed by atoms with van der Waals surface area (Å²) < 4.78 is 85.2. The number of nitrogens with one attached hydrogen (secondary N) is 1. The molecule has 0 saturated heterocycles. The summed E-state index contributed by atoms with van der Waals surface area (Å²) in [7, 11) is -8.21. The first kappa shape index (κ1) is 25.5. The molecule has 2 atom stereocenters. The molecular weight excluding hydrogens is 550 g/mol. The van der Waals surface area contributed by atoms with E-state index >= 15 is 0 Å². The molecule has 2 aromatic carbocycles. The second-order valence-electron chi connectivity index (χ2n) is 9.55. The minimum atomic E-state index is -4.30. The van der Waals surface area contributed by atoms with E-state index in [4.69, 9.17) is 0 Å². The molecule has 0 spiro atoms. The van der Waals surface area contributed by atoms with E-state index in [-0.39, 0.29) is 16.5 Å². The third kappa shape index (κ3) is 4.37. The summed E-state index contributed by atoms with van der Waals surface area (Å²) in [5.74, 6) is -1.60. The zero-order chi connectivity index (χ0) is 27.5. The summed E-state index contributed by atoms with van der Waals surface area (Å²) in [6, 6.07) is 9.86. The van der Waals surface area contributed by atoms with Crippen LogP contribution >= 0.6 is 0 Å². The van der Waals surface area contributed by atoms with Crippen LogP contribution in [0.3, 0.4) is 0 Å². The number of fused-ring (bicyclic) bond motifs is 3. The molecule has 1 aliphatic rings. The Balaban J connectivity index is 1.32. The van der Waals surface area contributed by atoms with Gasteiger partial charge in [-0.25, -0.2) is 39.3 Å². The van der Waals surface area contributed by atoms with Gasteiger partial charge in [0.05, 0.1) is 16.6 Å². The number of aromatic nitrogens is 5. The van der Waals surface area contributed by atoms with Crippen LogP contribution in [0, 0.1) is 18.6 Å². The van der Waals surface area contributed by atoms with Gasteiger partial charge >= 0.3 is 0 Å². The predicted molar refractivity (Wildman–Crippen MR) is 137 cm³/mol. The summed E-state index contributed by atoms with van der Waals surface area (Å²) in [6.45, 7) is 1.87. The number of hydrogen-bond donors (Lipinski definition) is 1. The van der Waals surface area contributed by atoms with Crippen molar-refractivity contribution >= 4 is 36.9 Å². The van der Waals surface area contributed by atoms with Gasteiger partial charge in [-0.3, -0.25) is 4.40 Å². The zero-order valence-electron chi connectivity index (χ0n) is 20.5. The van der Waals surface area contributed by atoms with E-state index in [1.165, 1.54) is 24.5 Å². The lowest BCUT2D eigenvalue weighted by Gasteiger charge is -2.14. The molecule has 3 aromatic heterocycles. The van der Waals surface area contributed by atoms with Crippen molar-refractivity contribution < 1.29 is 25.6 Å². The van der Waals surface area contributed by atoms with E-state index in [0.717, 1.165) is 21.7 Å². The molecule has 39 heavy (non-hydrogen) atoms. The molecule has 14 heteroatoms. The van der Waals surface area contributed by atoms with Gasteiger partial charge in [0.2, 0.25) is 10.0 Å². The molecule has 10 nitrogen and oxygen atoms in total. The number of aryl methyl sites for hydroxylation is 1. The van der Waals surface area contributed by atoms with E-state index in [1.807, 2.05) is 6.92 Å². The molecule has 1 N–H and O–H groups in total. The molecule has 6 rings (SSSR count). The van der Waals surface area contributed by atoms with E-state index in [1.54, 1.807) is 22.6 Å². The van der Waals surface area contributed by atoms with Crippen LogP contribution in [0.1, 0.15) is 36.6 Å². The third-order valence-corrected chi connectivity index (χ3v) is 10.2. The average molecular weight is 573 g/mol. The number of rotatable bonds is 6. The molecule has 0 radical (unpaired) electrons. The molecule has 1 aliphatic carbocycles. The Hall–Kier alpha value is -3.75. The zero-order valence-corrected chi connectivity index (χ0v) is 22.1. The van der Waals surface area contributed by atoms with Crippen LogP contribution in [0.2, 0.25) is 0 Å². The summed E-state index contributed by atoms with van der Waals surface area (Å²) in [4.78, 5) is 3.71. The fourth-order valence-electron chi connectivity index (χ4n) is 5.02. The molecular formula is C25H22F2N6O4S2. The van der Waals surface area contributed by atoms with E-state index in [9.17, 15) is 25.6 Å². The van der Waals surface area contributed by atoms with Gasteiger partial charge in [0, 0.05) is 18.2 Å². The van der Waals surface area contributed by atoms with E-state index in [2.05, 4.69) is 19.9 Å². The highest BCUT2D eigenvalue weighted by molar-refractivity contribution is 7.90. The fourth-order valence-corrected chi connectivity index (χ4v) is 7.69. The Labute approximate surface area is 222 Å². The van der Waals surface area contributed by atoms with Crippen molar-refractivity contribution in [3.63, 3.8) is 0 Å². The van der Waals surface area contributed by atoms with Gasteiger partial charge < -0.3 is 0 Å². The van der Waals surface area contributed by atoms with Crippen LogP contribution in [-0.4, -0.2) is 46.4 Å². The van der Waals surface area contributed by atoms with Gasteiger partial charge in [0.25, 0.3) is 10.0 Å². The lowest BCUT2D eigenvalue weighted by atomic mass is 10.1. The number of benzene rings is 2. The highest BCUT2D eigenvalue weighted by Gasteiger charge is 2.34. The topological polar surface area (TPSA) is 128 Å². The van der Waals surface area contributed by atoms with Crippen LogP contribution in [-0.2, 0) is 20.0 Å². The molecule has 3 heterocycles. The Morgan fingerprint density at radius 3 is 2.51 bits per heavy atom. The van der Waals surface area contributed by atoms with Crippen LogP contribution in [0.4, 0.5) is 8.78 Å². The SMILES string of the molecule is Cc1ccc(S(=O)(=O)n2ccc3c2ncc2nnc([C@@H]4CC[C@H](NS(=O)(=O)c5cc(F)ccc5F)C4)n23)cc1. The Kier molecular flexibility index (Phi) is 6.00. The normalized spacial score (nSPS) is 18.3. The van der Waals surface area contributed by atoms with Crippen LogP contribution in [0.5, 0.6) is 0 Å². The number of sulfonamides is 1. The summed E-state index contributed by atoms with van der Waals surface area (Å²) in [5.41, 5.74) is 2.02. The minimum absolute atomic E-state index is 0.122. The molecule has 0 aliphatic heterocycles. The highest BCUT2D eigenvalue weighted by Crippen LogP contribution is 2.36. The van der Waals surface area contributed by atoms with Gasteiger partial charge in [0.1, 0.15) is 22.4 Å². The maximum atomic E-state index is 14.1. The summed E-state index contributed by atoms with van der Waals surface area (Å²) in [5, 5.41) is 8.49. The first-order valence-electron chi connectivity index (χ1n) is 12.1. The fraction of sp³-hybridized carbons (Fsp3) is 0.240. The molecule has 1 saturated carbocycles. The Morgan fingerprint density at radius 2 is 1.74 bits per heavy atom. The van der Waals surface area contributed by atoms with E-state index < -0.39 is 42.6 Å². The first-order chi connectivity index (χ1) is 18.5. The molecule has 202 valence electrons. The maximum absolute atomic E-state index is 14.1. The Bertz CT molecular complexity index is 1950. The molecule has 5 aromatic rings. The third-order valence-electron chi connectivity index (χ3n) is 6.94. The lowest BCUT2D eigenvalue weighted by molar-refractivity contribution is 0.527. The number of hydrogen-bond acceptors (Lipinski definition) is 7. The standard InChI is InChI=1S/C25H22F2N6O4S2/c1-15-2-7-19(8-3-15)39(36,37)32-11-10-21-25(32)28-14-23-29-30-24(33(21)23)16-4-6-18(12-16)31-38(34,35)22-13-17(26)5-9-20(22)27/h2-3,5,7-11,13-14,16,18,31H,4,6,12H2,1H3/t16-,18+/m1/s1. The van der Waals surface area contributed by atoms with Crippen molar-refractivity contribution in [3.05, 3.63) is 83.9 Å². The van der Waals surface area contributed by atoms with E-state index in [0.29, 0.717) is 42.3 Å². The summed E-state index contributed by atoms with van der Waals surface area (Å²) >= 11 is 0. The predicted octanol–water partition coefficient (Wildman–Crippen LogP) is 3.52. The molecule has 0 amide bonds. The van der Waals surface area contributed by atoms with Crippen molar-refractivity contribution in [2.45, 2.75) is 47.9 Å². The molecule has 0 bridgehead atoms. The van der Waals surface area contributed by atoms with Crippen LogP contribution in [0.15, 0.2) is 70.7 Å². The van der Waals surface area contributed by atoms with Crippen molar-refractivity contribution in [3.8, 4) is 0 Å². The van der Waals surface area contributed by atoms with Crippen molar-refractivity contribution in [2.24, 2.45) is 0 Å². The van der Waals surface area contributed by atoms with Gasteiger partial charge in [-0.2, -0.15) is 0 Å².